The minimum Gasteiger partial charge on any atom is -0.466 e. The Hall–Kier alpha value is -1.43. The highest BCUT2D eigenvalue weighted by molar-refractivity contribution is 5.88. The van der Waals surface area contributed by atoms with Crippen molar-refractivity contribution in [2.45, 2.75) is 52.1 Å². The van der Waals surface area contributed by atoms with Gasteiger partial charge in [-0.25, -0.2) is 0 Å². The number of nitrogens with one attached hydrogen (secondary N) is 1. The molecule has 4 unspecified atom stereocenters. The zero-order valence-corrected chi connectivity index (χ0v) is 13.0. The second-order valence-corrected chi connectivity index (χ2v) is 5.27. The summed E-state index contributed by atoms with van der Waals surface area (Å²) in [4.78, 5) is 34.8. The maximum atomic E-state index is 11.8. The van der Waals surface area contributed by atoms with Gasteiger partial charge in [-0.2, -0.15) is 0 Å². The van der Waals surface area contributed by atoms with Crippen molar-refractivity contribution in [2.24, 2.45) is 11.8 Å². The van der Waals surface area contributed by atoms with Gasteiger partial charge in [0.25, 0.3) is 0 Å². The van der Waals surface area contributed by atoms with Crippen LogP contribution in [0.25, 0.3) is 0 Å². The average molecular weight is 299 g/mol. The largest absolute Gasteiger partial charge is 0.466 e. The lowest BCUT2D eigenvalue weighted by Crippen LogP contribution is -2.52. The van der Waals surface area contributed by atoms with E-state index in [0.29, 0.717) is 19.3 Å². The van der Waals surface area contributed by atoms with Crippen molar-refractivity contribution in [2.75, 3.05) is 13.2 Å². The monoisotopic (exact) mass is 299 g/mol. The molecule has 0 radical (unpaired) electrons. The van der Waals surface area contributed by atoms with Crippen molar-refractivity contribution in [3.8, 4) is 0 Å². The number of piperidine rings is 1. The van der Waals surface area contributed by atoms with E-state index >= 15 is 0 Å². The molecule has 0 aliphatic carbocycles. The zero-order valence-electron chi connectivity index (χ0n) is 13.0. The molecule has 4 atom stereocenters. The van der Waals surface area contributed by atoms with Gasteiger partial charge >= 0.3 is 11.9 Å². The molecule has 0 aromatic heterocycles. The quantitative estimate of drug-likeness (QED) is 0.430. The van der Waals surface area contributed by atoms with E-state index in [9.17, 15) is 14.4 Å². The molecule has 1 rings (SSSR count). The second kappa shape index (κ2) is 8.77. The number of rotatable bonds is 7. The molecule has 1 saturated heterocycles. The molecule has 0 spiro atoms. The fraction of sp³-hybridized carbons (Fsp3) is 0.800. The van der Waals surface area contributed by atoms with Gasteiger partial charge in [0.1, 0.15) is 12.2 Å². The molecule has 0 aromatic rings. The summed E-state index contributed by atoms with van der Waals surface area (Å²) >= 11 is 0. The van der Waals surface area contributed by atoms with Gasteiger partial charge in [0, 0.05) is 12.1 Å². The van der Waals surface area contributed by atoms with Gasteiger partial charge in [-0.1, -0.05) is 13.3 Å². The van der Waals surface area contributed by atoms with Crippen molar-refractivity contribution in [1.29, 1.82) is 0 Å². The number of hydrogen-bond donors (Lipinski definition) is 1. The molecule has 1 aliphatic heterocycles. The molecular formula is C15H25NO5. The second-order valence-electron chi connectivity index (χ2n) is 5.27. The number of aldehydes is 1. The molecule has 1 fully saturated rings. The standard InChI is InChI=1S/C15H25NO5/c1-4-20-14(18)10(3)12-7-6-8-13(16-12)11(9-17)15(19)21-5-2/h9-13,16H,4-8H2,1-3H3. The van der Waals surface area contributed by atoms with Crippen LogP contribution < -0.4 is 5.32 Å². The van der Waals surface area contributed by atoms with E-state index < -0.39 is 11.9 Å². The molecule has 6 nitrogen and oxygen atoms in total. The Balaban J connectivity index is 2.67. The Kier molecular flexibility index (Phi) is 7.36. The molecule has 0 amide bonds. The molecule has 0 bridgehead atoms. The van der Waals surface area contributed by atoms with E-state index in [0.717, 1.165) is 12.8 Å². The Morgan fingerprint density at radius 2 is 1.71 bits per heavy atom. The van der Waals surface area contributed by atoms with Gasteiger partial charge in [0.15, 0.2) is 0 Å². The minimum atomic E-state index is -0.817. The lowest BCUT2D eigenvalue weighted by atomic mass is 9.85. The minimum absolute atomic E-state index is 0.0836. The van der Waals surface area contributed by atoms with Gasteiger partial charge in [0.2, 0.25) is 0 Å². The Morgan fingerprint density at radius 1 is 1.14 bits per heavy atom. The summed E-state index contributed by atoms with van der Waals surface area (Å²) in [5, 5.41) is 3.25. The van der Waals surface area contributed by atoms with Crippen LogP contribution in [-0.4, -0.2) is 43.5 Å². The summed E-state index contributed by atoms with van der Waals surface area (Å²) in [7, 11) is 0. The summed E-state index contributed by atoms with van der Waals surface area (Å²) in [6.07, 6.45) is 3.03. The first-order chi connectivity index (χ1) is 10.0. The van der Waals surface area contributed by atoms with Crippen LogP contribution in [0, 0.1) is 11.8 Å². The van der Waals surface area contributed by atoms with Crippen molar-refractivity contribution in [3.05, 3.63) is 0 Å². The molecule has 21 heavy (non-hydrogen) atoms. The number of esters is 2. The molecular weight excluding hydrogens is 274 g/mol. The Bertz CT molecular complexity index is 371. The molecule has 1 N–H and O–H groups in total. The first kappa shape index (κ1) is 17.6. The highest BCUT2D eigenvalue weighted by Crippen LogP contribution is 2.23. The van der Waals surface area contributed by atoms with Crippen LogP contribution in [0.4, 0.5) is 0 Å². The van der Waals surface area contributed by atoms with Crippen molar-refractivity contribution in [3.63, 3.8) is 0 Å². The lowest BCUT2D eigenvalue weighted by Gasteiger charge is -2.35. The Labute approximate surface area is 125 Å². The fourth-order valence-electron chi connectivity index (χ4n) is 2.67. The lowest BCUT2D eigenvalue weighted by molar-refractivity contribution is -0.151. The van der Waals surface area contributed by atoms with Crippen LogP contribution in [0.1, 0.15) is 40.0 Å². The SMILES string of the molecule is CCOC(=O)C(C)C1CCCC(C(C=O)C(=O)OCC)N1. The summed E-state index contributed by atoms with van der Waals surface area (Å²) < 4.78 is 9.95. The van der Waals surface area contributed by atoms with Crippen LogP contribution in [0.3, 0.4) is 0 Å². The summed E-state index contributed by atoms with van der Waals surface area (Å²) in [5.41, 5.74) is 0. The number of hydrogen-bond acceptors (Lipinski definition) is 6. The van der Waals surface area contributed by atoms with Crippen LogP contribution in [0.15, 0.2) is 0 Å². The molecule has 0 saturated carbocycles. The van der Waals surface area contributed by atoms with Gasteiger partial charge in [-0.15, -0.1) is 0 Å². The normalized spacial score (nSPS) is 24.7. The topological polar surface area (TPSA) is 81.7 Å². The van der Waals surface area contributed by atoms with Gasteiger partial charge in [-0.3, -0.25) is 9.59 Å². The third-order valence-electron chi connectivity index (χ3n) is 3.86. The first-order valence-corrected chi connectivity index (χ1v) is 7.59. The Morgan fingerprint density at radius 3 is 2.29 bits per heavy atom. The molecule has 1 aliphatic rings. The predicted octanol–water partition coefficient (Wildman–Crippen LogP) is 1.07. The van der Waals surface area contributed by atoms with E-state index in [1.165, 1.54) is 0 Å². The number of carbonyl (C=O) groups excluding carboxylic acids is 3. The molecule has 0 aromatic carbocycles. The number of carbonyl (C=O) groups is 3. The smallest absolute Gasteiger partial charge is 0.317 e. The van der Waals surface area contributed by atoms with Crippen LogP contribution in [0.2, 0.25) is 0 Å². The van der Waals surface area contributed by atoms with Crippen LogP contribution in [-0.2, 0) is 23.9 Å². The van der Waals surface area contributed by atoms with Crippen molar-refractivity contribution < 1.29 is 23.9 Å². The summed E-state index contributed by atoms with van der Waals surface area (Å²) in [6, 6.07) is -0.364. The predicted molar refractivity (Wildman–Crippen MR) is 76.5 cm³/mol. The van der Waals surface area contributed by atoms with E-state index in [1.54, 1.807) is 20.8 Å². The highest BCUT2D eigenvalue weighted by Gasteiger charge is 2.36. The van der Waals surface area contributed by atoms with Gasteiger partial charge in [-0.05, 0) is 26.7 Å². The maximum absolute atomic E-state index is 11.8. The molecule has 1 heterocycles. The fourth-order valence-corrected chi connectivity index (χ4v) is 2.67. The van der Waals surface area contributed by atoms with Crippen LogP contribution in [0.5, 0.6) is 0 Å². The molecule has 120 valence electrons. The van der Waals surface area contributed by atoms with Crippen molar-refractivity contribution >= 4 is 18.2 Å². The van der Waals surface area contributed by atoms with E-state index in [2.05, 4.69) is 5.32 Å². The summed E-state index contributed by atoms with van der Waals surface area (Å²) in [5.74, 6) is -1.88. The number of ether oxygens (including phenoxy) is 2. The highest BCUT2D eigenvalue weighted by atomic mass is 16.5. The van der Waals surface area contributed by atoms with Gasteiger partial charge < -0.3 is 19.6 Å². The third kappa shape index (κ3) is 4.81. The average Bonchev–Trinajstić information content (AvgIpc) is 2.48. The van der Waals surface area contributed by atoms with Crippen molar-refractivity contribution in [1.82, 2.24) is 5.32 Å². The zero-order chi connectivity index (χ0) is 15.8. The maximum Gasteiger partial charge on any atom is 0.317 e. The van der Waals surface area contributed by atoms with E-state index in [1.807, 2.05) is 0 Å². The van der Waals surface area contributed by atoms with E-state index in [-0.39, 0.29) is 30.6 Å². The third-order valence-corrected chi connectivity index (χ3v) is 3.86. The van der Waals surface area contributed by atoms with E-state index in [4.69, 9.17) is 9.47 Å². The first-order valence-electron chi connectivity index (χ1n) is 7.59. The van der Waals surface area contributed by atoms with Crippen LogP contribution >= 0.6 is 0 Å². The van der Waals surface area contributed by atoms with Gasteiger partial charge in [0.05, 0.1) is 19.1 Å². The molecule has 6 heteroatoms. The summed E-state index contributed by atoms with van der Waals surface area (Å²) in [6.45, 7) is 5.88.